The summed E-state index contributed by atoms with van der Waals surface area (Å²) in [5.41, 5.74) is 0. The summed E-state index contributed by atoms with van der Waals surface area (Å²) in [6, 6.07) is 5.61. The molecule has 1 fully saturated rings. The fourth-order valence-electron chi connectivity index (χ4n) is 2.10. The Morgan fingerprint density at radius 1 is 1.61 bits per heavy atom. The van der Waals surface area contributed by atoms with Gasteiger partial charge in [-0.05, 0) is 25.5 Å². The average Bonchev–Trinajstić information content (AvgIpc) is 2.97. The van der Waals surface area contributed by atoms with Crippen LogP contribution in [0.2, 0.25) is 0 Å². The predicted octanol–water partition coefficient (Wildman–Crippen LogP) is 1.25. The predicted molar refractivity (Wildman–Crippen MR) is 65.5 cm³/mol. The molecule has 2 rings (SSSR count). The van der Waals surface area contributed by atoms with Gasteiger partial charge < -0.3 is 14.6 Å². The number of hydrogen-bond acceptors (Lipinski definition) is 4. The van der Waals surface area contributed by atoms with Gasteiger partial charge in [-0.3, -0.25) is 4.79 Å². The van der Waals surface area contributed by atoms with Crippen molar-refractivity contribution in [3.8, 4) is 6.07 Å². The summed E-state index contributed by atoms with van der Waals surface area (Å²) in [7, 11) is 0. The molecule has 1 aromatic rings. The molecule has 1 atom stereocenters. The van der Waals surface area contributed by atoms with Crippen molar-refractivity contribution in [2.24, 2.45) is 0 Å². The third-order valence-corrected chi connectivity index (χ3v) is 3.06. The van der Waals surface area contributed by atoms with Crippen LogP contribution in [-0.4, -0.2) is 29.9 Å². The minimum atomic E-state index is 0.211. The Hall–Kier alpha value is -1.80. The second-order valence-electron chi connectivity index (χ2n) is 4.60. The molecule has 1 aliphatic heterocycles. The first-order chi connectivity index (χ1) is 8.69. The SMILES string of the molecule is CC(CN1CCCC1=O)NCc1ccc(C#N)o1. The zero-order valence-electron chi connectivity index (χ0n) is 10.5. The number of carbonyl (C=O) groups excluding carboxylic acids is 1. The van der Waals surface area contributed by atoms with E-state index in [0.29, 0.717) is 18.7 Å². The number of amides is 1. The molecule has 18 heavy (non-hydrogen) atoms. The molecule has 5 heteroatoms. The van der Waals surface area contributed by atoms with Crippen molar-refractivity contribution >= 4 is 5.91 Å². The van der Waals surface area contributed by atoms with E-state index < -0.39 is 0 Å². The fourth-order valence-corrected chi connectivity index (χ4v) is 2.10. The lowest BCUT2D eigenvalue weighted by Crippen LogP contribution is -2.39. The standard InChI is InChI=1S/C13H17N3O2/c1-10(9-16-6-2-3-13(16)17)15-8-12-5-4-11(7-14)18-12/h4-5,10,15H,2-3,6,8-9H2,1H3. The zero-order valence-corrected chi connectivity index (χ0v) is 10.5. The molecule has 1 saturated heterocycles. The van der Waals surface area contributed by atoms with E-state index in [4.69, 9.17) is 9.68 Å². The van der Waals surface area contributed by atoms with Crippen LogP contribution in [0.1, 0.15) is 31.3 Å². The summed E-state index contributed by atoms with van der Waals surface area (Å²) in [6.07, 6.45) is 1.64. The highest BCUT2D eigenvalue weighted by atomic mass is 16.3. The lowest BCUT2D eigenvalue weighted by Gasteiger charge is -2.21. The monoisotopic (exact) mass is 247 g/mol. The van der Waals surface area contributed by atoms with Gasteiger partial charge in [0.25, 0.3) is 0 Å². The van der Waals surface area contributed by atoms with Crippen LogP contribution in [0.5, 0.6) is 0 Å². The van der Waals surface area contributed by atoms with Crippen LogP contribution < -0.4 is 5.32 Å². The number of likely N-dealkylation sites (tertiary alicyclic amines) is 1. The van der Waals surface area contributed by atoms with E-state index in [1.807, 2.05) is 17.9 Å². The van der Waals surface area contributed by atoms with E-state index in [0.717, 1.165) is 25.3 Å². The molecule has 0 aliphatic carbocycles. The van der Waals surface area contributed by atoms with Gasteiger partial charge in [-0.25, -0.2) is 0 Å². The summed E-state index contributed by atoms with van der Waals surface area (Å²) < 4.78 is 5.27. The highest BCUT2D eigenvalue weighted by molar-refractivity contribution is 5.78. The molecule has 1 unspecified atom stereocenters. The molecule has 96 valence electrons. The molecule has 1 amide bonds. The molecule has 2 heterocycles. The van der Waals surface area contributed by atoms with E-state index in [9.17, 15) is 4.79 Å². The third-order valence-electron chi connectivity index (χ3n) is 3.06. The average molecular weight is 247 g/mol. The van der Waals surface area contributed by atoms with Crippen LogP contribution in [0.25, 0.3) is 0 Å². The van der Waals surface area contributed by atoms with Gasteiger partial charge in [-0.2, -0.15) is 5.26 Å². The van der Waals surface area contributed by atoms with Crippen LogP contribution in [0.15, 0.2) is 16.5 Å². The van der Waals surface area contributed by atoms with E-state index in [1.54, 1.807) is 12.1 Å². The van der Waals surface area contributed by atoms with Gasteiger partial charge in [0.05, 0.1) is 6.54 Å². The Morgan fingerprint density at radius 3 is 3.06 bits per heavy atom. The minimum Gasteiger partial charge on any atom is -0.449 e. The normalized spacial score (nSPS) is 16.9. The molecule has 0 bridgehead atoms. The van der Waals surface area contributed by atoms with Gasteiger partial charge >= 0.3 is 0 Å². The van der Waals surface area contributed by atoms with Crippen molar-refractivity contribution in [3.63, 3.8) is 0 Å². The second kappa shape index (κ2) is 5.69. The summed E-state index contributed by atoms with van der Waals surface area (Å²) in [4.78, 5) is 13.4. The topological polar surface area (TPSA) is 69.3 Å². The maximum atomic E-state index is 11.5. The molecule has 0 spiro atoms. The summed E-state index contributed by atoms with van der Waals surface area (Å²) in [5.74, 6) is 1.31. The molecule has 0 aromatic carbocycles. The smallest absolute Gasteiger partial charge is 0.222 e. The summed E-state index contributed by atoms with van der Waals surface area (Å²) >= 11 is 0. The first kappa shape index (κ1) is 12.7. The van der Waals surface area contributed by atoms with Gasteiger partial charge in [0, 0.05) is 25.6 Å². The minimum absolute atomic E-state index is 0.211. The van der Waals surface area contributed by atoms with Gasteiger partial charge in [0.2, 0.25) is 11.7 Å². The van der Waals surface area contributed by atoms with Crippen LogP contribution in [0, 0.1) is 11.3 Å². The Bertz CT molecular complexity index is 461. The fraction of sp³-hybridized carbons (Fsp3) is 0.538. The first-order valence-electron chi connectivity index (χ1n) is 6.19. The summed E-state index contributed by atoms with van der Waals surface area (Å²) in [5, 5.41) is 11.9. The molecular formula is C13H17N3O2. The van der Waals surface area contributed by atoms with E-state index >= 15 is 0 Å². The molecule has 1 N–H and O–H groups in total. The Labute approximate surface area is 106 Å². The number of nitrogens with zero attached hydrogens (tertiary/aromatic N) is 2. The van der Waals surface area contributed by atoms with Crippen molar-refractivity contribution in [1.82, 2.24) is 10.2 Å². The Balaban J connectivity index is 1.76. The van der Waals surface area contributed by atoms with Crippen LogP contribution in [-0.2, 0) is 11.3 Å². The van der Waals surface area contributed by atoms with Crippen molar-refractivity contribution in [1.29, 1.82) is 5.26 Å². The number of nitrogens with one attached hydrogen (secondary N) is 1. The highest BCUT2D eigenvalue weighted by Crippen LogP contribution is 2.10. The number of carbonyl (C=O) groups is 1. The van der Waals surface area contributed by atoms with E-state index in [1.165, 1.54) is 0 Å². The van der Waals surface area contributed by atoms with E-state index in [-0.39, 0.29) is 11.9 Å². The zero-order chi connectivity index (χ0) is 13.0. The Kier molecular flexibility index (Phi) is 4.00. The number of furan rings is 1. The number of hydrogen-bond donors (Lipinski definition) is 1. The maximum absolute atomic E-state index is 11.5. The highest BCUT2D eigenvalue weighted by Gasteiger charge is 2.21. The molecular weight excluding hydrogens is 230 g/mol. The van der Waals surface area contributed by atoms with Crippen molar-refractivity contribution in [3.05, 3.63) is 23.7 Å². The van der Waals surface area contributed by atoms with Crippen LogP contribution in [0.4, 0.5) is 0 Å². The van der Waals surface area contributed by atoms with Gasteiger partial charge in [-0.15, -0.1) is 0 Å². The molecule has 5 nitrogen and oxygen atoms in total. The molecule has 1 aromatic heterocycles. The molecule has 1 aliphatic rings. The lowest BCUT2D eigenvalue weighted by atomic mass is 10.3. The quantitative estimate of drug-likeness (QED) is 0.850. The Morgan fingerprint density at radius 2 is 2.44 bits per heavy atom. The number of rotatable bonds is 5. The van der Waals surface area contributed by atoms with E-state index in [2.05, 4.69) is 5.32 Å². The van der Waals surface area contributed by atoms with Crippen LogP contribution in [0.3, 0.4) is 0 Å². The largest absolute Gasteiger partial charge is 0.449 e. The molecule has 0 radical (unpaired) electrons. The van der Waals surface area contributed by atoms with Crippen molar-refractivity contribution in [2.45, 2.75) is 32.4 Å². The third kappa shape index (κ3) is 3.11. The van der Waals surface area contributed by atoms with Crippen molar-refractivity contribution < 1.29 is 9.21 Å². The molecule has 0 saturated carbocycles. The lowest BCUT2D eigenvalue weighted by molar-refractivity contribution is -0.127. The first-order valence-corrected chi connectivity index (χ1v) is 6.19. The van der Waals surface area contributed by atoms with Gasteiger partial charge in [0.15, 0.2) is 0 Å². The summed E-state index contributed by atoms with van der Waals surface area (Å²) in [6.45, 7) is 4.21. The maximum Gasteiger partial charge on any atom is 0.222 e. The van der Waals surface area contributed by atoms with Gasteiger partial charge in [-0.1, -0.05) is 0 Å². The van der Waals surface area contributed by atoms with Crippen LogP contribution >= 0.6 is 0 Å². The van der Waals surface area contributed by atoms with Gasteiger partial charge in [0.1, 0.15) is 11.8 Å². The second-order valence-corrected chi connectivity index (χ2v) is 4.60. The van der Waals surface area contributed by atoms with Crippen molar-refractivity contribution in [2.75, 3.05) is 13.1 Å². The number of nitriles is 1.